The lowest BCUT2D eigenvalue weighted by Gasteiger charge is -2.26. The first-order chi connectivity index (χ1) is 13.7. The topological polar surface area (TPSA) is 66.0 Å². The number of hydrogen-bond donors (Lipinski definition) is 2. The van der Waals surface area contributed by atoms with E-state index in [2.05, 4.69) is 21.7 Å². The highest BCUT2D eigenvalue weighted by atomic mass is 16.5. The summed E-state index contributed by atoms with van der Waals surface area (Å²) in [6.07, 6.45) is 6.78. The van der Waals surface area contributed by atoms with Crippen molar-refractivity contribution >= 4 is 11.9 Å². The van der Waals surface area contributed by atoms with Crippen LogP contribution in [0, 0.1) is 5.92 Å². The van der Waals surface area contributed by atoms with Crippen molar-refractivity contribution in [3.63, 3.8) is 0 Å². The Kier molecular flexibility index (Phi) is 7.57. The maximum absolute atomic E-state index is 12.7. The van der Waals surface area contributed by atoms with Crippen LogP contribution < -0.4 is 15.4 Å². The molecule has 1 aliphatic heterocycles. The number of guanidine groups is 1. The predicted molar refractivity (Wildman–Crippen MR) is 113 cm³/mol. The van der Waals surface area contributed by atoms with Gasteiger partial charge in [0.05, 0.1) is 6.61 Å². The molecular weight excluding hydrogens is 352 g/mol. The van der Waals surface area contributed by atoms with Gasteiger partial charge in [0.25, 0.3) is 0 Å². The monoisotopic (exact) mass is 386 g/mol. The van der Waals surface area contributed by atoms with Crippen molar-refractivity contribution in [3.8, 4) is 5.75 Å². The van der Waals surface area contributed by atoms with Crippen LogP contribution in [0.2, 0.25) is 0 Å². The van der Waals surface area contributed by atoms with Gasteiger partial charge in [-0.15, -0.1) is 0 Å². The second kappa shape index (κ2) is 10.3. The van der Waals surface area contributed by atoms with Crippen LogP contribution in [-0.4, -0.2) is 49.6 Å². The van der Waals surface area contributed by atoms with E-state index in [1.165, 1.54) is 19.3 Å². The van der Waals surface area contributed by atoms with Crippen LogP contribution in [0.25, 0.3) is 0 Å². The van der Waals surface area contributed by atoms with Crippen LogP contribution >= 0.6 is 0 Å². The number of carbonyl (C=O) groups excluding carboxylic acids is 1. The summed E-state index contributed by atoms with van der Waals surface area (Å²) < 4.78 is 5.69. The molecule has 6 nitrogen and oxygen atoms in total. The van der Waals surface area contributed by atoms with Crippen molar-refractivity contribution in [2.24, 2.45) is 10.9 Å². The molecular formula is C22H34N4O2. The molecule has 154 valence electrons. The second-order valence-electron chi connectivity index (χ2n) is 7.72. The number of benzene rings is 1. The van der Waals surface area contributed by atoms with Crippen molar-refractivity contribution in [1.29, 1.82) is 0 Å². The first kappa shape index (κ1) is 20.5. The third-order valence-corrected chi connectivity index (χ3v) is 5.74. The van der Waals surface area contributed by atoms with Crippen LogP contribution in [0.15, 0.2) is 29.3 Å². The fraction of sp³-hybridized carbons (Fsp3) is 0.636. The Labute approximate surface area is 168 Å². The predicted octanol–water partition coefficient (Wildman–Crippen LogP) is 2.93. The highest BCUT2D eigenvalue weighted by molar-refractivity contribution is 5.81. The fourth-order valence-corrected chi connectivity index (χ4v) is 4.20. The van der Waals surface area contributed by atoms with Gasteiger partial charge in [0, 0.05) is 44.2 Å². The normalized spacial score (nSPS) is 20.9. The van der Waals surface area contributed by atoms with Gasteiger partial charge in [0.2, 0.25) is 5.91 Å². The Morgan fingerprint density at radius 1 is 1.21 bits per heavy atom. The largest absolute Gasteiger partial charge is 0.494 e. The summed E-state index contributed by atoms with van der Waals surface area (Å²) in [6.45, 7) is 4.90. The van der Waals surface area contributed by atoms with Crippen molar-refractivity contribution in [2.75, 3.05) is 26.7 Å². The minimum absolute atomic E-state index is 0.250. The van der Waals surface area contributed by atoms with E-state index in [4.69, 9.17) is 4.74 Å². The third-order valence-electron chi connectivity index (χ3n) is 5.74. The second-order valence-corrected chi connectivity index (χ2v) is 7.72. The van der Waals surface area contributed by atoms with Crippen LogP contribution in [0.5, 0.6) is 5.75 Å². The summed E-state index contributed by atoms with van der Waals surface area (Å²) in [5.74, 6) is 2.28. The van der Waals surface area contributed by atoms with Gasteiger partial charge in [0.15, 0.2) is 5.96 Å². The molecule has 1 atom stereocenters. The molecule has 2 aliphatic rings. The van der Waals surface area contributed by atoms with Gasteiger partial charge in [-0.3, -0.25) is 9.79 Å². The molecule has 28 heavy (non-hydrogen) atoms. The van der Waals surface area contributed by atoms with E-state index < -0.39 is 0 Å². The van der Waals surface area contributed by atoms with E-state index in [0.29, 0.717) is 19.1 Å². The number of amides is 1. The quantitative estimate of drug-likeness (QED) is 0.583. The Morgan fingerprint density at radius 3 is 2.75 bits per heavy atom. The van der Waals surface area contributed by atoms with Crippen LogP contribution in [0.1, 0.15) is 51.0 Å². The zero-order chi connectivity index (χ0) is 19.8. The fourth-order valence-electron chi connectivity index (χ4n) is 4.20. The average molecular weight is 387 g/mol. The molecule has 6 heteroatoms. The van der Waals surface area contributed by atoms with Gasteiger partial charge < -0.3 is 20.3 Å². The molecule has 0 aromatic heterocycles. The van der Waals surface area contributed by atoms with E-state index in [-0.39, 0.29) is 12.0 Å². The number of para-hydroxylation sites is 1. The summed E-state index contributed by atoms with van der Waals surface area (Å²) in [4.78, 5) is 19.1. The number of hydrogen-bond acceptors (Lipinski definition) is 3. The van der Waals surface area contributed by atoms with Gasteiger partial charge in [0.1, 0.15) is 5.75 Å². The number of rotatable bonds is 6. The van der Waals surface area contributed by atoms with Crippen molar-refractivity contribution in [2.45, 2.75) is 58.0 Å². The number of nitrogens with zero attached hydrogens (tertiary/aromatic N) is 2. The van der Waals surface area contributed by atoms with Crippen molar-refractivity contribution in [1.82, 2.24) is 15.5 Å². The van der Waals surface area contributed by atoms with E-state index >= 15 is 0 Å². The molecule has 2 fully saturated rings. The van der Waals surface area contributed by atoms with E-state index in [1.54, 1.807) is 7.05 Å². The number of nitrogens with one attached hydrogen (secondary N) is 2. The number of likely N-dealkylation sites (tertiary alicyclic amines) is 1. The molecule has 0 bridgehead atoms. The summed E-state index contributed by atoms with van der Waals surface area (Å²) in [6, 6.07) is 8.30. The molecule has 1 saturated heterocycles. The maximum Gasteiger partial charge on any atom is 0.225 e. The Bertz CT molecular complexity index is 670. The van der Waals surface area contributed by atoms with Gasteiger partial charge >= 0.3 is 0 Å². The van der Waals surface area contributed by atoms with Crippen molar-refractivity contribution < 1.29 is 9.53 Å². The molecule has 1 aromatic rings. The molecule has 1 aromatic carbocycles. The van der Waals surface area contributed by atoms with Crippen LogP contribution in [0.3, 0.4) is 0 Å². The molecule has 3 rings (SSSR count). The lowest BCUT2D eigenvalue weighted by Crippen LogP contribution is -2.45. The SMILES string of the molecule is CCOc1ccccc1CNC(=NC)NC1CCN(C(=O)C2CCCCC2)C1. The first-order valence-electron chi connectivity index (χ1n) is 10.7. The summed E-state index contributed by atoms with van der Waals surface area (Å²) in [7, 11) is 1.78. The Hall–Kier alpha value is -2.24. The Morgan fingerprint density at radius 2 is 2.00 bits per heavy atom. The molecule has 0 radical (unpaired) electrons. The van der Waals surface area contributed by atoms with Crippen molar-refractivity contribution in [3.05, 3.63) is 29.8 Å². The molecule has 1 saturated carbocycles. The van der Waals surface area contributed by atoms with Gasteiger partial charge in [-0.1, -0.05) is 37.5 Å². The van der Waals surface area contributed by atoms with E-state index in [1.807, 2.05) is 30.0 Å². The average Bonchev–Trinajstić information content (AvgIpc) is 3.21. The number of aliphatic imine (C=N–C) groups is 1. The number of carbonyl (C=O) groups is 1. The molecule has 1 aliphatic carbocycles. The van der Waals surface area contributed by atoms with E-state index in [0.717, 1.165) is 49.6 Å². The molecule has 0 spiro atoms. The smallest absolute Gasteiger partial charge is 0.225 e. The maximum atomic E-state index is 12.7. The zero-order valence-corrected chi connectivity index (χ0v) is 17.2. The van der Waals surface area contributed by atoms with E-state index in [9.17, 15) is 4.79 Å². The molecule has 1 unspecified atom stereocenters. The van der Waals surface area contributed by atoms with Gasteiger partial charge in [-0.25, -0.2) is 0 Å². The standard InChI is InChI=1S/C22H34N4O2/c1-3-28-20-12-8-7-11-18(20)15-24-22(23-2)25-19-13-14-26(16-19)21(27)17-9-5-4-6-10-17/h7-8,11-12,17,19H,3-6,9-10,13-16H2,1-2H3,(H2,23,24,25). The summed E-state index contributed by atoms with van der Waals surface area (Å²) in [5.41, 5.74) is 1.10. The lowest BCUT2D eigenvalue weighted by atomic mass is 9.88. The number of ether oxygens (including phenoxy) is 1. The first-order valence-corrected chi connectivity index (χ1v) is 10.7. The van der Waals surface area contributed by atoms with Gasteiger partial charge in [-0.05, 0) is 32.3 Å². The minimum Gasteiger partial charge on any atom is -0.494 e. The van der Waals surface area contributed by atoms with Crippen LogP contribution in [-0.2, 0) is 11.3 Å². The molecule has 1 amide bonds. The summed E-state index contributed by atoms with van der Waals surface area (Å²) >= 11 is 0. The zero-order valence-electron chi connectivity index (χ0n) is 17.2. The van der Waals surface area contributed by atoms with Crippen LogP contribution in [0.4, 0.5) is 0 Å². The molecule has 1 heterocycles. The molecule has 2 N–H and O–H groups in total. The van der Waals surface area contributed by atoms with Gasteiger partial charge in [-0.2, -0.15) is 0 Å². The summed E-state index contributed by atoms with van der Waals surface area (Å²) in [5, 5.41) is 6.85. The lowest BCUT2D eigenvalue weighted by molar-refractivity contribution is -0.135. The minimum atomic E-state index is 0.250. The Balaban J connectivity index is 1.48. The third kappa shape index (κ3) is 5.40. The highest BCUT2D eigenvalue weighted by Crippen LogP contribution is 2.26. The highest BCUT2D eigenvalue weighted by Gasteiger charge is 2.31.